The second-order valence-corrected chi connectivity index (χ2v) is 17.1. The van der Waals surface area contributed by atoms with E-state index in [9.17, 15) is 0 Å². The average Bonchev–Trinajstić information content (AvgIpc) is 3.68. The Hall–Kier alpha value is -6.96. The van der Waals surface area contributed by atoms with Crippen LogP contribution in [0.2, 0.25) is 0 Å². The van der Waals surface area contributed by atoms with E-state index in [0.29, 0.717) is 0 Å². The summed E-state index contributed by atoms with van der Waals surface area (Å²) in [6.45, 7) is 4.76. The number of nitrogens with zero attached hydrogens (tertiary/aromatic N) is 1. The maximum atomic E-state index is 2.56. The highest BCUT2D eigenvalue weighted by molar-refractivity contribution is 5.93. The third-order valence-electron chi connectivity index (χ3n) is 13.9. The van der Waals surface area contributed by atoms with Crippen molar-refractivity contribution in [2.45, 2.75) is 36.5 Å². The molecule has 0 N–H and O–H groups in total. The van der Waals surface area contributed by atoms with E-state index in [2.05, 4.69) is 231 Å². The van der Waals surface area contributed by atoms with Gasteiger partial charge in [0, 0.05) is 34.2 Å². The van der Waals surface area contributed by atoms with Crippen molar-refractivity contribution >= 4 is 17.1 Å². The largest absolute Gasteiger partial charge is 0.310 e. The van der Waals surface area contributed by atoms with Gasteiger partial charge in [-0.1, -0.05) is 196 Å². The van der Waals surface area contributed by atoms with E-state index in [0.717, 1.165) is 17.1 Å². The van der Waals surface area contributed by atoms with Crippen LogP contribution in [-0.2, 0) is 10.8 Å². The first-order chi connectivity index (χ1) is 29.0. The van der Waals surface area contributed by atoms with Crippen LogP contribution in [0.25, 0.3) is 33.4 Å². The zero-order valence-electron chi connectivity index (χ0n) is 33.3. The zero-order chi connectivity index (χ0) is 39.3. The molecule has 1 heteroatoms. The van der Waals surface area contributed by atoms with Gasteiger partial charge in [-0.15, -0.1) is 0 Å². The third-order valence-corrected chi connectivity index (χ3v) is 13.9. The number of benzene rings is 8. The van der Waals surface area contributed by atoms with E-state index in [1.165, 1.54) is 77.9 Å². The van der Waals surface area contributed by atoms with Crippen LogP contribution in [-0.4, -0.2) is 0 Å². The summed E-state index contributed by atoms with van der Waals surface area (Å²) < 4.78 is 0. The van der Waals surface area contributed by atoms with Crippen molar-refractivity contribution in [2.75, 3.05) is 4.90 Å². The van der Waals surface area contributed by atoms with Crippen molar-refractivity contribution in [1.82, 2.24) is 0 Å². The monoisotopic (exact) mass is 753 g/mol. The van der Waals surface area contributed by atoms with E-state index in [1.807, 2.05) is 0 Å². The van der Waals surface area contributed by atoms with E-state index in [1.54, 1.807) is 0 Å². The first-order valence-corrected chi connectivity index (χ1v) is 21.0. The molecule has 59 heavy (non-hydrogen) atoms. The number of allylic oxidation sites excluding steroid dienone is 4. The first-order valence-electron chi connectivity index (χ1n) is 21.0. The lowest BCUT2D eigenvalue weighted by Crippen LogP contribution is -2.30. The van der Waals surface area contributed by atoms with Gasteiger partial charge in [-0.05, 0) is 103 Å². The number of anilines is 3. The summed E-state index contributed by atoms with van der Waals surface area (Å²) in [4.78, 5) is 2.54. The van der Waals surface area contributed by atoms with Gasteiger partial charge in [-0.3, -0.25) is 0 Å². The molecule has 2 atom stereocenters. The molecule has 0 amide bonds. The molecule has 0 heterocycles. The standard InChI is InChI=1S/C58H43N/c1-57(2)50-27-13-8-24-45(50)49-35-33-39(36-54(49)57)59(56-31-17-12-20-41(56)38-18-4-3-5-19-38)40-32-34-48-43-22-7-6-21-42(43)44-23-9-14-28-51(44)58(55(48)37-40)52-29-15-10-25-46(52)47-26-11-16-30-53(47)58/h3-37,42-43H,1-2H3. The van der Waals surface area contributed by atoms with E-state index >= 15 is 0 Å². The molecule has 8 aromatic carbocycles. The fourth-order valence-electron chi connectivity index (χ4n) is 11.4. The Labute approximate surface area is 347 Å². The van der Waals surface area contributed by atoms with Crippen molar-refractivity contribution in [1.29, 1.82) is 0 Å². The predicted molar refractivity (Wildman–Crippen MR) is 245 cm³/mol. The molecule has 4 aliphatic carbocycles. The predicted octanol–water partition coefficient (Wildman–Crippen LogP) is 14.8. The van der Waals surface area contributed by atoms with Crippen LogP contribution in [0.3, 0.4) is 0 Å². The number of fused-ring (bicyclic) bond motifs is 15. The molecule has 0 saturated heterocycles. The Kier molecular flexibility index (Phi) is 7.38. The number of para-hydroxylation sites is 1. The van der Waals surface area contributed by atoms with Crippen molar-refractivity contribution in [3.05, 3.63) is 257 Å². The first kappa shape index (κ1) is 34.1. The summed E-state index contributed by atoms with van der Waals surface area (Å²) in [5.41, 5.74) is 21.4. The average molecular weight is 754 g/mol. The molecular weight excluding hydrogens is 711 g/mol. The molecule has 1 spiro atoms. The summed E-state index contributed by atoms with van der Waals surface area (Å²) in [5.74, 6) is 0.407. The smallest absolute Gasteiger partial charge is 0.0720 e. The van der Waals surface area contributed by atoms with Crippen molar-refractivity contribution in [3.8, 4) is 33.4 Å². The second kappa shape index (κ2) is 12.8. The molecule has 280 valence electrons. The van der Waals surface area contributed by atoms with Crippen LogP contribution in [0.4, 0.5) is 17.1 Å². The van der Waals surface area contributed by atoms with E-state index < -0.39 is 5.41 Å². The van der Waals surface area contributed by atoms with Gasteiger partial charge in [0.25, 0.3) is 0 Å². The fraction of sp³-hybridized carbons (Fsp3) is 0.103. The third kappa shape index (κ3) is 4.73. The van der Waals surface area contributed by atoms with Gasteiger partial charge in [0.15, 0.2) is 0 Å². The van der Waals surface area contributed by atoms with Crippen LogP contribution < -0.4 is 4.90 Å². The van der Waals surface area contributed by atoms with Gasteiger partial charge in [0.2, 0.25) is 0 Å². The zero-order valence-corrected chi connectivity index (χ0v) is 33.3. The van der Waals surface area contributed by atoms with Crippen molar-refractivity contribution < 1.29 is 0 Å². The SMILES string of the molecule is CC1(C)c2ccccc2-c2ccc(N(c3ccc4c(c3)C3(c5ccccc5-c5ccccc53)c3ccccc3C3C=CC=CC43)c3ccccc3-c3ccccc3)cc21. The summed E-state index contributed by atoms with van der Waals surface area (Å²) in [5, 5.41) is 0. The number of hydrogen-bond donors (Lipinski definition) is 0. The summed E-state index contributed by atoms with van der Waals surface area (Å²) >= 11 is 0. The Morgan fingerprint density at radius 2 is 0.847 bits per heavy atom. The molecule has 0 fully saturated rings. The summed E-state index contributed by atoms with van der Waals surface area (Å²) in [7, 11) is 0. The normalized spacial score (nSPS) is 17.8. The quantitative estimate of drug-likeness (QED) is 0.173. The maximum absolute atomic E-state index is 2.56. The fourth-order valence-corrected chi connectivity index (χ4v) is 11.4. The Bertz CT molecular complexity index is 3010. The lowest BCUT2D eigenvalue weighted by Gasteiger charge is -2.37. The number of rotatable bonds is 4. The molecule has 1 nitrogen and oxygen atoms in total. The Morgan fingerprint density at radius 1 is 0.373 bits per heavy atom. The van der Waals surface area contributed by atoms with Crippen LogP contribution >= 0.6 is 0 Å². The molecule has 2 unspecified atom stereocenters. The minimum absolute atomic E-state index is 0.138. The van der Waals surface area contributed by atoms with Crippen molar-refractivity contribution in [3.63, 3.8) is 0 Å². The molecular formula is C58H43N. The van der Waals surface area contributed by atoms with E-state index in [4.69, 9.17) is 0 Å². The van der Waals surface area contributed by atoms with Gasteiger partial charge < -0.3 is 4.90 Å². The Balaban J connectivity index is 1.18. The van der Waals surface area contributed by atoms with Crippen LogP contribution in [0, 0.1) is 0 Å². The van der Waals surface area contributed by atoms with Gasteiger partial charge in [-0.2, -0.15) is 0 Å². The van der Waals surface area contributed by atoms with Gasteiger partial charge in [0.05, 0.1) is 11.1 Å². The molecule has 0 bridgehead atoms. The molecule has 0 aliphatic heterocycles. The van der Waals surface area contributed by atoms with Crippen LogP contribution in [0.1, 0.15) is 70.2 Å². The molecule has 0 aromatic heterocycles. The van der Waals surface area contributed by atoms with Gasteiger partial charge in [0.1, 0.15) is 0 Å². The summed E-state index contributed by atoms with van der Waals surface area (Å²) in [6, 6.07) is 71.0. The molecule has 0 radical (unpaired) electrons. The maximum Gasteiger partial charge on any atom is 0.0720 e. The van der Waals surface area contributed by atoms with E-state index in [-0.39, 0.29) is 17.3 Å². The molecule has 8 aromatic rings. The van der Waals surface area contributed by atoms with Crippen molar-refractivity contribution in [2.24, 2.45) is 0 Å². The highest BCUT2D eigenvalue weighted by Crippen LogP contribution is 2.62. The highest BCUT2D eigenvalue weighted by atomic mass is 15.1. The lowest BCUT2D eigenvalue weighted by atomic mass is 9.66. The minimum Gasteiger partial charge on any atom is -0.310 e. The highest BCUT2D eigenvalue weighted by Gasteiger charge is 2.51. The Morgan fingerprint density at radius 3 is 1.53 bits per heavy atom. The van der Waals surface area contributed by atoms with Crippen LogP contribution in [0.5, 0.6) is 0 Å². The van der Waals surface area contributed by atoms with Crippen LogP contribution in [0.15, 0.2) is 212 Å². The lowest BCUT2D eigenvalue weighted by molar-refractivity contribution is 0.660. The van der Waals surface area contributed by atoms with Gasteiger partial charge >= 0.3 is 0 Å². The van der Waals surface area contributed by atoms with Gasteiger partial charge in [-0.25, -0.2) is 0 Å². The summed E-state index contributed by atoms with van der Waals surface area (Å²) in [6.07, 6.45) is 9.37. The second-order valence-electron chi connectivity index (χ2n) is 17.1. The topological polar surface area (TPSA) is 3.24 Å². The molecule has 0 saturated carbocycles. The molecule has 4 aliphatic rings. The molecule has 12 rings (SSSR count). The minimum atomic E-state index is -0.527. The number of hydrogen-bond acceptors (Lipinski definition) is 1.